The minimum atomic E-state index is -0.0929. The van der Waals surface area contributed by atoms with E-state index < -0.39 is 0 Å². The van der Waals surface area contributed by atoms with Crippen molar-refractivity contribution in [3.63, 3.8) is 0 Å². The number of nitrogens with one attached hydrogen (secondary N) is 1. The van der Waals surface area contributed by atoms with Crippen LogP contribution in [0.1, 0.15) is 58.8 Å². The fourth-order valence-electron chi connectivity index (χ4n) is 2.98. The minimum Gasteiger partial charge on any atom is -0.394 e. The maximum Gasteiger partial charge on any atom is 0.0610 e. The molecule has 18 heavy (non-hydrogen) atoms. The van der Waals surface area contributed by atoms with Crippen LogP contribution >= 0.6 is 0 Å². The molecule has 108 valence electrons. The molecule has 0 aromatic carbocycles. The van der Waals surface area contributed by atoms with E-state index >= 15 is 0 Å². The zero-order chi connectivity index (χ0) is 13.4. The summed E-state index contributed by atoms with van der Waals surface area (Å²) in [6.07, 6.45) is 9.15. The Balaban J connectivity index is 2.19. The molecule has 1 atom stereocenters. The van der Waals surface area contributed by atoms with Crippen LogP contribution in [0.5, 0.6) is 0 Å². The average Bonchev–Trinajstić information content (AvgIpc) is 2.92. The average molecular weight is 256 g/mol. The third-order valence-corrected chi connectivity index (χ3v) is 4.62. The summed E-state index contributed by atoms with van der Waals surface area (Å²) in [4.78, 5) is 2.66. The van der Waals surface area contributed by atoms with E-state index in [1.54, 1.807) is 0 Å². The highest BCUT2D eigenvalue weighted by molar-refractivity contribution is 4.81. The molecule has 1 aliphatic carbocycles. The molecule has 0 bridgehead atoms. The zero-order valence-electron chi connectivity index (χ0n) is 12.5. The molecule has 1 rings (SSSR count). The number of likely N-dealkylation sites (N-methyl/N-ethyl adjacent to an activating group) is 1. The summed E-state index contributed by atoms with van der Waals surface area (Å²) >= 11 is 0. The normalized spacial score (nSPS) is 20.5. The first-order valence-electron chi connectivity index (χ1n) is 7.69. The summed E-state index contributed by atoms with van der Waals surface area (Å²) in [7, 11) is 1.94. The van der Waals surface area contributed by atoms with E-state index in [4.69, 9.17) is 0 Å². The van der Waals surface area contributed by atoms with Crippen molar-refractivity contribution in [2.75, 3.05) is 26.7 Å². The fourth-order valence-corrected chi connectivity index (χ4v) is 2.98. The van der Waals surface area contributed by atoms with Gasteiger partial charge in [-0.25, -0.2) is 0 Å². The largest absolute Gasteiger partial charge is 0.394 e. The highest BCUT2D eigenvalue weighted by atomic mass is 16.3. The lowest BCUT2D eigenvalue weighted by Crippen LogP contribution is -2.43. The van der Waals surface area contributed by atoms with Gasteiger partial charge in [-0.15, -0.1) is 0 Å². The number of rotatable bonds is 9. The summed E-state index contributed by atoms with van der Waals surface area (Å²) < 4.78 is 0. The molecule has 0 aromatic heterocycles. The van der Waals surface area contributed by atoms with E-state index in [1.165, 1.54) is 51.6 Å². The summed E-state index contributed by atoms with van der Waals surface area (Å²) in [6.45, 7) is 7.02. The first kappa shape index (κ1) is 15.9. The molecule has 0 saturated heterocycles. The van der Waals surface area contributed by atoms with Crippen LogP contribution in [0.4, 0.5) is 0 Å². The Labute approximate surface area is 113 Å². The van der Waals surface area contributed by atoms with Gasteiger partial charge in [-0.05, 0) is 52.7 Å². The molecule has 1 saturated carbocycles. The third-order valence-electron chi connectivity index (χ3n) is 4.62. The molecular weight excluding hydrogens is 224 g/mol. The maximum absolute atomic E-state index is 9.34. The van der Waals surface area contributed by atoms with Crippen LogP contribution in [0, 0.1) is 0 Å². The molecule has 1 unspecified atom stereocenters. The molecule has 3 nitrogen and oxygen atoms in total. The Kier molecular flexibility index (Phi) is 7.20. The van der Waals surface area contributed by atoms with Crippen molar-refractivity contribution in [2.24, 2.45) is 0 Å². The second kappa shape index (κ2) is 8.13. The van der Waals surface area contributed by atoms with Crippen molar-refractivity contribution in [2.45, 2.75) is 70.4 Å². The highest BCUT2D eigenvalue weighted by Crippen LogP contribution is 2.23. The molecule has 0 aromatic rings. The number of aliphatic hydroxyl groups is 1. The molecule has 2 N–H and O–H groups in total. The van der Waals surface area contributed by atoms with Gasteiger partial charge in [0.15, 0.2) is 0 Å². The Bertz CT molecular complexity index is 211. The van der Waals surface area contributed by atoms with Crippen molar-refractivity contribution in [1.29, 1.82) is 0 Å². The number of hydrogen-bond donors (Lipinski definition) is 2. The number of unbranched alkanes of at least 4 members (excludes halogenated alkanes) is 1. The lowest BCUT2D eigenvalue weighted by molar-refractivity contribution is 0.164. The fraction of sp³-hybridized carbons (Fsp3) is 1.00. The van der Waals surface area contributed by atoms with Crippen LogP contribution in [0.25, 0.3) is 0 Å². The monoisotopic (exact) mass is 256 g/mol. The minimum absolute atomic E-state index is 0.0929. The van der Waals surface area contributed by atoms with Crippen LogP contribution < -0.4 is 5.32 Å². The molecular formula is C15H32N2O. The van der Waals surface area contributed by atoms with Crippen LogP contribution in [-0.4, -0.2) is 48.3 Å². The molecule has 1 aliphatic rings. The molecule has 1 fully saturated rings. The number of aliphatic hydroxyl groups excluding tert-OH is 1. The van der Waals surface area contributed by atoms with Crippen LogP contribution in [0.2, 0.25) is 0 Å². The van der Waals surface area contributed by atoms with Gasteiger partial charge in [0.05, 0.1) is 6.61 Å². The van der Waals surface area contributed by atoms with E-state index in [-0.39, 0.29) is 12.1 Å². The topological polar surface area (TPSA) is 35.5 Å². The summed E-state index contributed by atoms with van der Waals surface area (Å²) in [6, 6.07) is 0.850. The van der Waals surface area contributed by atoms with Crippen LogP contribution in [-0.2, 0) is 0 Å². The predicted molar refractivity (Wildman–Crippen MR) is 77.9 cm³/mol. The predicted octanol–water partition coefficient (Wildman–Crippen LogP) is 2.39. The number of nitrogens with zero attached hydrogens (tertiary/aromatic N) is 1. The number of hydrogen-bond acceptors (Lipinski definition) is 3. The molecule has 3 heteroatoms. The molecule has 0 spiro atoms. The highest BCUT2D eigenvalue weighted by Gasteiger charge is 2.22. The quantitative estimate of drug-likeness (QED) is 0.622. The molecule has 0 amide bonds. The van der Waals surface area contributed by atoms with Crippen LogP contribution in [0.15, 0.2) is 0 Å². The lowest BCUT2D eigenvalue weighted by Gasteiger charge is -2.29. The van der Waals surface area contributed by atoms with Gasteiger partial charge in [0.25, 0.3) is 0 Å². The zero-order valence-corrected chi connectivity index (χ0v) is 12.5. The van der Waals surface area contributed by atoms with Gasteiger partial charge in [-0.2, -0.15) is 0 Å². The van der Waals surface area contributed by atoms with Gasteiger partial charge in [0.2, 0.25) is 0 Å². The van der Waals surface area contributed by atoms with Crippen molar-refractivity contribution < 1.29 is 5.11 Å². The summed E-state index contributed by atoms with van der Waals surface area (Å²) in [5.74, 6) is 0. The second-order valence-corrected chi connectivity index (χ2v) is 5.99. The van der Waals surface area contributed by atoms with Gasteiger partial charge in [-0.1, -0.05) is 26.2 Å². The van der Waals surface area contributed by atoms with Crippen LogP contribution in [0.3, 0.4) is 0 Å². The lowest BCUT2D eigenvalue weighted by atomic mass is 9.96. The smallest absolute Gasteiger partial charge is 0.0610 e. The third kappa shape index (κ3) is 4.87. The molecule has 0 radical (unpaired) electrons. The van der Waals surface area contributed by atoms with E-state index in [0.717, 1.165) is 12.5 Å². The van der Waals surface area contributed by atoms with E-state index in [0.29, 0.717) is 0 Å². The van der Waals surface area contributed by atoms with Gasteiger partial charge < -0.3 is 15.3 Å². The first-order chi connectivity index (χ1) is 8.65. The Morgan fingerprint density at radius 2 is 1.94 bits per heavy atom. The van der Waals surface area contributed by atoms with Crippen molar-refractivity contribution in [1.82, 2.24) is 10.2 Å². The van der Waals surface area contributed by atoms with E-state index in [2.05, 4.69) is 24.1 Å². The first-order valence-corrected chi connectivity index (χ1v) is 7.69. The Morgan fingerprint density at radius 3 is 2.44 bits per heavy atom. The maximum atomic E-state index is 9.34. The SMILES string of the molecule is CCN(CCCCC(C)(CO)NC)C1CCCC1. The van der Waals surface area contributed by atoms with Gasteiger partial charge in [0, 0.05) is 11.6 Å². The van der Waals surface area contributed by atoms with E-state index in [1.807, 2.05) is 7.05 Å². The van der Waals surface area contributed by atoms with Crippen molar-refractivity contribution in [3.8, 4) is 0 Å². The molecule has 0 aliphatic heterocycles. The van der Waals surface area contributed by atoms with Crippen molar-refractivity contribution >= 4 is 0 Å². The van der Waals surface area contributed by atoms with Crippen molar-refractivity contribution in [3.05, 3.63) is 0 Å². The van der Waals surface area contributed by atoms with Gasteiger partial charge in [0.1, 0.15) is 0 Å². The Morgan fingerprint density at radius 1 is 1.28 bits per heavy atom. The molecule has 0 heterocycles. The summed E-state index contributed by atoms with van der Waals surface area (Å²) in [5, 5.41) is 12.6. The summed E-state index contributed by atoms with van der Waals surface area (Å²) in [5.41, 5.74) is -0.0929. The van der Waals surface area contributed by atoms with Gasteiger partial charge in [-0.3, -0.25) is 0 Å². The standard InChI is InChI=1S/C15H32N2O/c1-4-17(14-9-5-6-10-14)12-8-7-11-15(2,13-18)16-3/h14,16,18H,4-13H2,1-3H3. The van der Waals surface area contributed by atoms with E-state index in [9.17, 15) is 5.11 Å². The Hall–Kier alpha value is -0.120. The second-order valence-electron chi connectivity index (χ2n) is 5.99. The van der Waals surface area contributed by atoms with Gasteiger partial charge >= 0.3 is 0 Å².